The number of hydrogen-bond donors (Lipinski definition) is 0. The van der Waals surface area contributed by atoms with Crippen LogP contribution in [-0.4, -0.2) is 12.3 Å². The molecule has 0 aliphatic heterocycles. The van der Waals surface area contributed by atoms with Crippen molar-refractivity contribution in [3.8, 4) is 0 Å². The number of rotatable bonds is 34. The molecule has 276 valence electrons. The van der Waals surface area contributed by atoms with E-state index in [-0.39, 0.29) is 0 Å². The molecule has 2 aromatic rings. The Balaban J connectivity index is 1.80. The van der Waals surface area contributed by atoms with Gasteiger partial charge < -0.3 is 0 Å². The van der Waals surface area contributed by atoms with Crippen molar-refractivity contribution >= 4 is 17.2 Å². The van der Waals surface area contributed by atoms with Crippen LogP contribution in [0.2, 0.25) is 0 Å². The van der Waals surface area contributed by atoms with E-state index in [4.69, 9.17) is 11.2 Å². The van der Waals surface area contributed by atoms with Crippen molar-refractivity contribution in [2.45, 2.75) is 206 Å². The van der Waals surface area contributed by atoms with E-state index in [1.54, 1.807) is 0 Å². The first-order chi connectivity index (χ1) is 23.6. The summed E-state index contributed by atoms with van der Waals surface area (Å²) in [6, 6.07) is 22.5. The van der Waals surface area contributed by atoms with Crippen molar-refractivity contribution in [2.24, 2.45) is 0 Å². The Labute approximate surface area is 306 Å². The first-order valence-corrected chi connectivity index (χ1v) is 25.3. The fraction of sp³-hybridized carbons (Fsp3) is 0.739. The van der Waals surface area contributed by atoms with Crippen LogP contribution in [0.15, 0.2) is 60.7 Å². The molecule has 0 heterocycles. The Kier molecular flexibility index (Phi) is 26.0. The normalized spacial score (nSPS) is 12.7. The maximum absolute atomic E-state index is 8.30. The topological polar surface area (TPSA) is 0 Å². The summed E-state index contributed by atoms with van der Waals surface area (Å²) in [5.74, 6) is -2.52. The second kappa shape index (κ2) is 28.8. The van der Waals surface area contributed by atoms with E-state index < -0.39 is 5.96 Å². The molecule has 0 amide bonds. The van der Waals surface area contributed by atoms with Crippen LogP contribution >= 0.6 is 17.2 Å². The quantitative estimate of drug-likeness (QED) is 0.0504. The van der Waals surface area contributed by atoms with Gasteiger partial charge in [-0.2, -0.15) is 0 Å². The predicted molar refractivity (Wildman–Crippen MR) is 223 cm³/mol. The molecule has 0 saturated carbocycles. The molecule has 0 aliphatic carbocycles. The van der Waals surface area contributed by atoms with Gasteiger partial charge in [0.25, 0.3) is 0 Å². The molecule has 0 atom stereocenters. The second-order valence-electron chi connectivity index (χ2n) is 15.7. The third-order valence-electron chi connectivity index (χ3n) is 11.0. The summed E-state index contributed by atoms with van der Waals surface area (Å²) in [5, 5.41) is 0. The van der Waals surface area contributed by atoms with Crippen LogP contribution in [0.5, 0.6) is 0 Å². The molecule has 2 aromatic carbocycles. The van der Waals surface area contributed by atoms with Gasteiger partial charge >= 0.3 is 255 Å². The van der Waals surface area contributed by atoms with Crippen LogP contribution in [-0.2, 0) is 12.3 Å². The van der Waals surface area contributed by atoms with Crippen LogP contribution in [0, 0.1) is 0 Å². The van der Waals surface area contributed by atoms with E-state index >= 15 is 0 Å². The predicted octanol–water partition coefficient (Wildman–Crippen LogP) is 17.1. The van der Waals surface area contributed by atoms with Crippen molar-refractivity contribution in [1.29, 1.82) is 0 Å². The molecular formula is C46H80ClP. The molecule has 0 spiro atoms. The molecule has 48 heavy (non-hydrogen) atoms. The molecule has 0 nitrogen and oxygen atoms in total. The van der Waals surface area contributed by atoms with Gasteiger partial charge in [0, 0.05) is 0 Å². The van der Waals surface area contributed by atoms with E-state index in [9.17, 15) is 0 Å². The van der Waals surface area contributed by atoms with Gasteiger partial charge in [0.1, 0.15) is 0 Å². The van der Waals surface area contributed by atoms with Gasteiger partial charge in [-0.05, 0) is 0 Å². The molecule has 0 saturated heterocycles. The molecule has 0 fully saturated rings. The standard InChI is InChI=1S/C46H80ClP/c1-3-5-7-9-11-13-15-17-19-21-23-25-27-35-41-48(47,43-45-37-31-29-32-38-45,44-46-39-33-30-34-40-46)42-36-28-26-24-22-20-18-16-14-12-10-8-6-4-2/h29-34,37-40H,3-28,35-36,41-44H2,1-2H3. The number of halogens is 1. The van der Waals surface area contributed by atoms with Crippen LogP contribution in [0.1, 0.15) is 205 Å². The number of unbranched alkanes of at least 4 members (excludes halogenated alkanes) is 26. The Morgan fingerprint density at radius 1 is 0.333 bits per heavy atom. The summed E-state index contributed by atoms with van der Waals surface area (Å²) in [6.07, 6.45) is 44.2. The van der Waals surface area contributed by atoms with Crippen molar-refractivity contribution in [3.05, 3.63) is 71.8 Å². The molecule has 0 N–H and O–H groups in total. The van der Waals surface area contributed by atoms with Gasteiger partial charge in [-0.3, -0.25) is 0 Å². The van der Waals surface area contributed by atoms with Gasteiger partial charge in [0.05, 0.1) is 0 Å². The Morgan fingerprint density at radius 3 is 0.812 bits per heavy atom. The minimum absolute atomic E-state index is 1.10. The zero-order chi connectivity index (χ0) is 34.3. The SMILES string of the molecule is CCCCCCCCCCCCCCCCP(Cl)(CCCCCCCCCCCCCCCC)(Cc1ccccc1)Cc1ccccc1. The zero-order valence-electron chi connectivity index (χ0n) is 32.2. The molecule has 0 unspecified atom stereocenters. The van der Waals surface area contributed by atoms with Crippen LogP contribution in [0.4, 0.5) is 0 Å². The van der Waals surface area contributed by atoms with Crippen molar-refractivity contribution < 1.29 is 0 Å². The average molecular weight is 700 g/mol. The zero-order valence-corrected chi connectivity index (χ0v) is 33.9. The van der Waals surface area contributed by atoms with Gasteiger partial charge in [0.15, 0.2) is 0 Å². The third-order valence-corrected chi connectivity index (χ3v) is 17.9. The first-order valence-electron chi connectivity index (χ1n) is 21.4. The van der Waals surface area contributed by atoms with Crippen LogP contribution in [0.25, 0.3) is 0 Å². The fourth-order valence-electron chi connectivity index (χ4n) is 7.97. The van der Waals surface area contributed by atoms with Crippen molar-refractivity contribution in [3.63, 3.8) is 0 Å². The van der Waals surface area contributed by atoms with Gasteiger partial charge in [-0.15, -0.1) is 0 Å². The molecule has 0 bridgehead atoms. The number of benzene rings is 2. The summed E-state index contributed by atoms with van der Waals surface area (Å²) in [5.41, 5.74) is 2.91. The van der Waals surface area contributed by atoms with E-state index in [0.29, 0.717) is 0 Å². The molecule has 2 heteroatoms. The summed E-state index contributed by atoms with van der Waals surface area (Å²) in [4.78, 5) is 0. The average Bonchev–Trinajstić information content (AvgIpc) is 3.09. The van der Waals surface area contributed by atoms with Gasteiger partial charge in [0.2, 0.25) is 0 Å². The molecule has 0 radical (unpaired) electrons. The second-order valence-corrected chi connectivity index (χ2v) is 23.8. The van der Waals surface area contributed by atoms with E-state index in [1.807, 2.05) is 0 Å². The van der Waals surface area contributed by atoms with E-state index in [0.717, 1.165) is 12.3 Å². The summed E-state index contributed by atoms with van der Waals surface area (Å²) in [6.45, 7) is 4.62. The van der Waals surface area contributed by atoms with Crippen molar-refractivity contribution in [1.82, 2.24) is 0 Å². The fourth-order valence-corrected chi connectivity index (χ4v) is 14.8. The van der Waals surface area contributed by atoms with Crippen molar-refractivity contribution in [2.75, 3.05) is 12.3 Å². The summed E-state index contributed by atoms with van der Waals surface area (Å²) in [7, 11) is 0. The maximum atomic E-state index is 8.30. The monoisotopic (exact) mass is 699 g/mol. The van der Waals surface area contributed by atoms with Crippen LogP contribution < -0.4 is 0 Å². The minimum atomic E-state index is -2.52. The van der Waals surface area contributed by atoms with Crippen LogP contribution in [0.3, 0.4) is 0 Å². The molecule has 2 rings (SSSR count). The third kappa shape index (κ3) is 22.1. The Bertz CT molecular complexity index is 879. The summed E-state index contributed by atoms with van der Waals surface area (Å²) < 4.78 is 0. The summed E-state index contributed by atoms with van der Waals surface area (Å²) >= 11 is 8.30. The van der Waals surface area contributed by atoms with E-state index in [2.05, 4.69) is 74.5 Å². The number of hydrogen-bond acceptors (Lipinski definition) is 0. The van der Waals surface area contributed by atoms with E-state index in [1.165, 1.54) is 203 Å². The molecule has 0 aromatic heterocycles. The first kappa shape index (κ1) is 43.3. The van der Waals surface area contributed by atoms with Gasteiger partial charge in [-0.25, -0.2) is 0 Å². The Hall–Kier alpha value is -0.840. The molecule has 0 aliphatic rings. The Morgan fingerprint density at radius 2 is 0.562 bits per heavy atom. The molecular weight excluding hydrogens is 619 g/mol. The van der Waals surface area contributed by atoms with Gasteiger partial charge in [-0.1, -0.05) is 52.4 Å².